The molecule has 5 heteroatoms. The summed E-state index contributed by atoms with van der Waals surface area (Å²) >= 11 is 1.77. The highest BCUT2D eigenvalue weighted by Crippen LogP contribution is 2.35. The quantitative estimate of drug-likeness (QED) is 0.888. The standard InChI is InChI=1S/C15H22N4S/c1-4-11-7-12-14(17-9-18-15(12)20-11)16-8-13(19(2)3)10-5-6-10/h7,9-10,13H,4-6,8H2,1-3H3,(H,16,17,18). The number of thiophene rings is 1. The van der Waals surface area contributed by atoms with Crippen molar-refractivity contribution < 1.29 is 0 Å². The van der Waals surface area contributed by atoms with Crippen molar-refractivity contribution in [2.45, 2.75) is 32.2 Å². The number of aromatic nitrogens is 2. The molecule has 0 aliphatic heterocycles. The fraction of sp³-hybridized carbons (Fsp3) is 0.600. The molecule has 1 saturated carbocycles. The van der Waals surface area contributed by atoms with Crippen LogP contribution in [0.5, 0.6) is 0 Å². The van der Waals surface area contributed by atoms with E-state index in [9.17, 15) is 0 Å². The average molecular weight is 290 g/mol. The van der Waals surface area contributed by atoms with E-state index in [-0.39, 0.29) is 0 Å². The molecule has 20 heavy (non-hydrogen) atoms. The third-order valence-corrected chi connectivity index (χ3v) is 5.22. The minimum atomic E-state index is 0.601. The lowest BCUT2D eigenvalue weighted by atomic mass is 10.1. The maximum Gasteiger partial charge on any atom is 0.138 e. The van der Waals surface area contributed by atoms with Crippen molar-refractivity contribution in [1.82, 2.24) is 14.9 Å². The Labute approximate surface area is 124 Å². The number of hydrogen-bond acceptors (Lipinski definition) is 5. The van der Waals surface area contributed by atoms with E-state index in [1.165, 1.54) is 23.1 Å². The van der Waals surface area contributed by atoms with Gasteiger partial charge in [-0.3, -0.25) is 0 Å². The first-order valence-electron chi connectivity index (χ1n) is 7.32. The first-order valence-corrected chi connectivity index (χ1v) is 8.14. The van der Waals surface area contributed by atoms with Crippen LogP contribution in [-0.2, 0) is 6.42 Å². The van der Waals surface area contributed by atoms with Gasteiger partial charge in [0.25, 0.3) is 0 Å². The monoisotopic (exact) mass is 290 g/mol. The van der Waals surface area contributed by atoms with E-state index in [4.69, 9.17) is 0 Å². The predicted octanol–water partition coefficient (Wildman–Crippen LogP) is 3.01. The van der Waals surface area contributed by atoms with Gasteiger partial charge in [-0.2, -0.15) is 0 Å². The van der Waals surface area contributed by atoms with Crippen molar-refractivity contribution in [2.24, 2.45) is 5.92 Å². The van der Waals surface area contributed by atoms with Crippen LogP contribution in [0.15, 0.2) is 12.4 Å². The predicted molar refractivity (Wildman–Crippen MR) is 85.5 cm³/mol. The summed E-state index contributed by atoms with van der Waals surface area (Å²) in [5.41, 5.74) is 0. The van der Waals surface area contributed by atoms with Crippen molar-refractivity contribution in [3.05, 3.63) is 17.3 Å². The summed E-state index contributed by atoms with van der Waals surface area (Å²) in [6.45, 7) is 3.14. The molecule has 108 valence electrons. The number of aryl methyl sites for hydroxylation is 1. The molecule has 1 atom stereocenters. The van der Waals surface area contributed by atoms with Gasteiger partial charge in [0.15, 0.2) is 0 Å². The average Bonchev–Trinajstić information content (AvgIpc) is 3.16. The van der Waals surface area contributed by atoms with E-state index in [1.807, 2.05) is 0 Å². The van der Waals surface area contributed by atoms with Gasteiger partial charge in [0.05, 0.1) is 5.39 Å². The van der Waals surface area contributed by atoms with Gasteiger partial charge in [0, 0.05) is 17.5 Å². The summed E-state index contributed by atoms with van der Waals surface area (Å²) in [7, 11) is 4.33. The van der Waals surface area contributed by atoms with Crippen molar-refractivity contribution >= 4 is 27.4 Å². The van der Waals surface area contributed by atoms with Gasteiger partial charge in [-0.25, -0.2) is 9.97 Å². The van der Waals surface area contributed by atoms with Crippen LogP contribution < -0.4 is 5.32 Å². The van der Waals surface area contributed by atoms with Crippen LogP contribution in [0.3, 0.4) is 0 Å². The van der Waals surface area contributed by atoms with E-state index in [0.717, 1.165) is 29.5 Å². The summed E-state index contributed by atoms with van der Waals surface area (Å²) in [5, 5.41) is 4.71. The third-order valence-electron chi connectivity index (χ3n) is 4.04. The molecule has 0 aromatic carbocycles. The number of fused-ring (bicyclic) bond motifs is 1. The van der Waals surface area contributed by atoms with Gasteiger partial charge in [0.2, 0.25) is 0 Å². The highest BCUT2D eigenvalue weighted by atomic mass is 32.1. The molecule has 0 radical (unpaired) electrons. The zero-order valence-electron chi connectivity index (χ0n) is 12.4. The molecule has 1 aliphatic carbocycles. The van der Waals surface area contributed by atoms with Gasteiger partial charge in [0.1, 0.15) is 17.0 Å². The highest BCUT2D eigenvalue weighted by Gasteiger charge is 2.32. The molecule has 0 spiro atoms. The topological polar surface area (TPSA) is 41.0 Å². The molecular weight excluding hydrogens is 268 g/mol. The van der Waals surface area contributed by atoms with Crippen LogP contribution in [-0.4, -0.2) is 41.5 Å². The van der Waals surface area contributed by atoms with Crippen molar-refractivity contribution in [3.8, 4) is 0 Å². The summed E-state index contributed by atoms with van der Waals surface area (Å²) in [5.74, 6) is 1.84. The number of anilines is 1. The summed E-state index contributed by atoms with van der Waals surface area (Å²) < 4.78 is 0. The lowest BCUT2D eigenvalue weighted by molar-refractivity contribution is 0.276. The molecule has 1 N–H and O–H groups in total. The Morgan fingerprint density at radius 3 is 2.85 bits per heavy atom. The SMILES string of the molecule is CCc1cc2c(NCC(C3CC3)N(C)C)ncnc2s1. The molecular formula is C15H22N4S. The second-order valence-corrected chi connectivity index (χ2v) is 6.87. The van der Waals surface area contributed by atoms with Gasteiger partial charge < -0.3 is 10.2 Å². The maximum atomic E-state index is 4.43. The first-order chi connectivity index (χ1) is 9.69. The van der Waals surface area contributed by atoms with Gasteiger partial charge in [-0.15, -0.1) is 11.3 Å². The van der Waals surface area contributed by atoms with E-state index >= 15 is 0 Å². The maximum absolute atomic E-state index is 4.43. The number of hydrogen-bond donors (Lipinski definition) is 1. The largest absolute Gasteiger partial charge is 0.368 e. The van der Waals surface area contributed by atoms with Crippen molar-refractivity contribution in [3.63, 3.8) is 0 Å². The van der Waals surface area contributed by atoms with Gasteiger partial charge >= 0.3 is 0 Å². The Morgan fingerprint density at radius 1 is 1.40 bits per heavy atom. The van der Waals surface area contributed by atoms with E-state index in [1.54, 1.807) is 17.7 Å². The summed E-state index contributed by atoms with van der Waals surface area (Å²) in [6.07, 6.45) is 5.45. The molecule has 3 rings (SSSR count). The fourth-order valence-corrected chi connectivity index (χ4v) is 3.61. The molecule has 1 aliphatic rings. The number of likely N-dealkylation sites (N-methyl/N-ethyl adjacent to an activating group) is 1. The fourth-order valence-electron chi connectivity index (χ4n) is 2.67. The van der Waals surface area contributed by atoms with Crippen molar-refractivity contribution in [2.75, 3.05) is 26.0 Å². The Balaban J connectivity index is 1.78. The molecule has 2 heterocycles. The lowest BCUT2D eigenvalue weighted by Crippen LogP contribution is -2.36. The van der Waals surface area contributed by atoms with Crippen molar-refractivity contribution in [1.29, 1.82) is 0 Å². The van der Waals surface area contributed by atoms with Crippen LogP contribution in [0, 0.1) is 5.92 Å². The molecule has 4 nitrogen and oxygen atoms in total. The van der Waals surface area contributed by atoms with E-state index < -0.39 is 0 Å². The first kappa shape index (κ1) is 13.8. The second kappa shape index (κ2) is 5.66. The van der Waals surface area contributed by atoms with Crippen LogP contribution in [0.1, 0.15) is 24.6 Å². The van der Waals surface area contributed by atoms with Crippen LogP contribution >= 0.6 is 11.3 Å². The van der Waals surface area contributed by atoms with Gasteiger partial charge in [-0.05, 0) is 45.3 Å². The minimum absolute atomic E-state index is 0.601. The smallest absolute Gasteiger partial charge is 0.138 e. The van der Waals surface area contributed by atoms with E-state index in [0.29, 0.717) is 6.04 Å². The normalized spacial score (nSPS) is 16.8. The van der Waals surface area contributed by atoms with Gasteiger partial charge in [-0.1, -0.05) is 6.92 Å². The summed E-state index contributed by atoms with van der Waals surface area (Å²) in [4.78, 5) is 13.6. The summed E-state index contributed by atoms with van der Waals surface area (Å²) in [6, 6.07) is 2.83. The van der Waals surface area contributed by atoms with E-state index in [2.05, 4.69) is 47.3 Å². The zero-order valence-corrected chi connectivity index (χ0v) is 13.2. The van der Waals surface area contributed by atoms with Crippen LogP contribution in [0.4, 0.5) is 5.82 Å². The Morgan fingerprint density at radius 2 is 2.20 bits per heavy atom. The molecule has 0 bridgehead atoms. The Kier molecular flexibility index (Phi) is 3.89. The van der Waals surface area contributed by atoms with Crippen LogP contribution in [0.25, 0.3) is 10.2 Å². The van der Waals surface area contributed by atoms with Crippen LogP contribution in [0.2, 0.25) is 0 Å². The lowest BCUT2D eigenvalue weighted by Gasteiger charge is -2.24. The number of nitrogens with zero attached hydrogens (tertiary/aromatic N) is 3. The number of nitrogens with one attached hydrogen (secondary N) is 1. The number of rotatable bonds is 6. The second-order valence-electron chi connectivity index (χ2n) is 5.76. The Bertz CT molecular complexity index is 587. The highest BCUT2D eigenvalue weighted by molar-refractivity contribution is 7.18. The molecule has 2 aromatic rings. The molecule has 1 fully saturated rings. The molecule has 2 aromatic heterocycles. The zero-order chi connectivity index (χ0) is 14.1. The third kappa shape index (κ3) is 2.79. The minimum Gasteiger partial charge on any atom is -0.368 e. The molecule has 0 saturated heterocycles. The molecule has 1 unspecified atom stereocenters. The molecule has 0 amide bonds. The Hall–Kier alpha value is -1.20.